The monoisotopic (exact) mass is 235 g/mol. The van der Waals surface area contributed by atoms with Crippen LogP contribution in [0.15, 0.2) is 12.2 Å². The van der Waals surface area contributed by atoms with Crippen LogP contribution in [0.5, 0.6) is 0 Å². The molecule has 0 radical (unpaired) electrons. The maximum Gasteiger partial charge on any atom is 0.00748 e. The fraction of sp³-hybridized carbons (Fsp3) is 0.875. The van der Waals surface area contributed by atoms with E-state index in [1.807, 2.05) is 0 Å². The first-order valence-corrected chi connectivity index (χ1v) is 7.43. The van der Waals surface area contributed by atoms with Gasteiger partial charge in [-0.25, -0.2) is 0 Å². The molecule has 2 rings (SSSR count). The summed E-state index contributed by atoms with van der Waals surface area (Å²) < 4.78 is 0. The van der Waals surface area contributed by atoms with Gasteiger partial charge in [-0.3, -0.25) is 0 Å². The Morgan fingerprint density at radius 1 is 1.24 bits per heavy atom. The molecule has 1 saturated carbocycles. The van der Waals surface area contributed by atoms with Gasteiger partial charge in [-0.15, -0.1) is 0 Å². The Bertz CT molecular complexity index is 267. The summed E-state index contributed by atoms with van der Waals surface area (Å²) in [6, 6.07) is 0.764. The third kappa shape index (κ3) is 4.13. The van der Waals surface area contributed by atoms with Crippen LogP contribution in [-0.2, 0) is 0 Å². The van der Waals surface area contributed by atoms with Gasteiger partial charge in [-0.05, 0) is 62.3 Å². The van der Waals surface area contributed by atoms with Crippen LogP contribution in [0, 0.1) is 17.3 Å². The topological polar surface area (TPSA) is 12.0 Å². The predicted molar refractivity (Wildman–Crippen MR) is 75.1 cm³/mol. The van der Waals surface area contributed by atoms with Crippen molar-refractivity contribution in [2.24, 2.45) is 17.3 Å². The van der Waals surface area contributed by atoms with Crippen molar-refractivity contribution in [3.63, 3.8) is 0 Å². The summed E-state index contributed by atoms with van der Waals surface area (Å²) >= 11 is 0. The van der Waals surface area contributed by atoms with Crippen molar-refractivity contribution in [2.75, 3.05) is 6.54 Å². The first-order chi connectivity index (χ1) is 8.05. The minimum absolute atomic E-state index is 0.543. The largest absolute Gasteiger partial charge is 0.314 e. The Kier molecular flexibility index (Phi) is 4.30. The number of rotatable bonds is 3. The minimum atomic E-state index is 0.543. The van der Waals surface area contributed by atoms with Crippen LogP contribution >= 0.6 is 0 Å². The molecule has 0 saturated heterocycles. The molecule has 1 fully saturated rings. The highest BCUT2D eigenvalue weighted by Gasteiger charge is 2.31. The molecule has 1 heteroatoms. The standard InChI is InChI=1S/C16H29N/c1-13-9-15(11-16(2,3)10-13)17-12-14-7-5-4-6-8-14/h4-5,13-15,17H,6-12H2,1-3H3. The SMILES string of the molecule is CC1CC(NCC2CC=CCC2)CC(C)(C)C1. The smallest absolute Gasteiger partial charge is 0.00748 e. The fourth-order valence-corrected chi connectivity index (χ4v) is 3.88. The van der Waals surface area contributed by atoms with Gasteiger partial charge < -0.3 is 5.32 Å². The fourth-order valence-electron chi connectivity index (χ4n) is 3.88. The highest BCUT2D eigenvalue weighted by molar-refractivity contribution is 4.92. The molecule has 1 N–H and O–H groups in total. The third-order valence-electron chi connectivity index (χ3n) is 4.46. The van der Waals surface area contributed by atoms with E-state index in [1.165, 1.54) is 45.1 Å². The van der Waals surface area contributed by atoms with Crippen LogP contribution in [0.4, 0.5) is 0 Å². The van der Waals surface area contributed by atoms with Crippen LogP contribution in [-0.4, -0.2) is 12.6 Å². The summed E-state index contributed by atoms with van der Waals surface area (Å²) in [5.74, 6) is 1.78. The maximum absolute atomic E-state index is 3.84. The lowest BCUT2D eigenvalue weighted by molar-refractivity contribution is 0.148. The van der Waals surface area contributed by atoms with Crippen molar-refractivity contribution in [3.05, 3.63) is 12.2 Å². The summed E-state index contributed by atoms with van der Waals surface area (Å²) in [4.78, 5) is 0. The minimum Gasteiger partial charge on any atom is -0.314 e. The van der Waals surface area contributed by atoms with E-state index in [0.717, 1.165) is 17.9 Å². The summed E-state index contributed by atoms with van der Waals surface area (Å²) in [5.41, 5.74) is 0.543. The normalized spacial score (nSPS) is 37.0. The van der Waals surface area contributed by atoms with Crippen LogP contribution in [0.3, 0.4) is 0 Å². The highest BCUT2D eigenvalue weighted by atomic mass is 14.9. The molecule has 3 atom stereocenters. The Labute approximate surface area is 107 Å². The molecule has 0 amide bonds. The zero-order valence-electron chi connectivity index (χ0n) is 11.8. The zero-order chi connectivity index (χ0) is 12.3. The number of hydrogen-bond donors (Lipinski definition) is 1. The van der Waals surface area contributed by atoms with E-state index in [1.54, 1.807) is 0 Å². The van der Waals surface area contributed by atoms with Gasteiger partial charge in [-0.1, -0.05) is 32.9 Å². The van der Waals surface area contributed by atoms with E-state index >= 15 is 0 Å². The second-order valence-corrected chi connectivity index (χ2v) is 7.17. The predicted octanol–water partition coefficient (Wildman–Crippen LogP) is 4.15. The second kappa shape index (κ2) is 5.56. The molecular weight excluding hydrogens is 206 g/mol. The number of allylic oxidation sites excluding steroid dienone is 2. The van der Waals surface area contributed by atoms with Gasteiger partial charge in [0.1, 0.15) is 0 Å². The molecule has 0 aromatic heterocycles. The van der Waals surface area contributed by atoms with Gasteiger partial charge in [0.05, 0.1) is 0 Å². The van der Waals surface area contributed by atoms with E-state index in [9.17, 15) is 0 Å². The molecule has 0 heterocycles. The lowest BCUT2D eigenvalue weighted by Crippen LogP contribution is -2.42. The van der Waals surface area contributed by atoms with E-state index in [4.69, 9.17) is 0 Å². The molecule has 1 nitrogen and oxygen atoms in total. The van der Waals surface area contributed by atoms with Crippen LogP contribution in [0.2, 0.25) is 0 Å². The van der Waals surface area contributed by atoms with Crippen LogP contribution < -0.4 is 5.32 Å². The molecule has 17 heavy (non-hydrogen) atoms. The van der Waals surface area contributed by atoms with Crippen molar-refractivity contribution in [1.29, 1.82) is 0 Å². The van der Waals surface area contributed by atoms with E-state index in [2.05, 4.69) is 38.2 Å². The van der Waals surface area contributed by atoms with Gasteiger partial charge in [-0.2, -0.15) is 0 Å². The van der Waals surface area contributed by atoms with Crippen LogP contribution in [0.1, 0.15) is 59.3 Å². The van der Waals surface area contributed by atoms with Gasteiger partial charge in [0.2, 0.25) is 0 Å². The van der Waals surface area contributed by atoms with Gasteiger partial charge in [0.25, 0.3) is 0 Å². The molecule has 0 aromatic carbocycles. The zero-order valence-corrected chi connectivity index (χ0v) is 11.8. The Morgan fingerprint density at radius 2 is 2.06 bits per heavy atom. The summed E-state index contributed by atoms with van der Waals surface area (Å²) in [7, 11) is 0. The quantitative estimate of drug-likeness (QED) is 0.725. The molecule has 3 unspecified atom stereocenters. The summed E-state index contributed by atoms with van der Waals surface area (Å²) in [6.45, 7) is 8.51. The van der Waals surface area contributed by atoms with Crippen molar-refractivity contribution >= 4 is 0 Å². The van der Waals surface area contributed by atoms with E-state index < -0.39 is 0 Å². The maximum atomic E-state index is 3.84. The lowest BCUT2D eigenvalue weighted by Gasteiger charge is -2.40. The Balaban J connectivity index is 1.76. The van der Waals surface area contributed by atoms with E-state index in [-0.39, 0.29) is 0 Å². The van der Waals surface area contributed by atoms with Crippen molar-refractivity contribution < 1.29 is 0 Å². The Morgan fingerprint density at radius 3 is 2.71 bits per heavy atom. The summed E-state index contributed by atoms with van der Waals surface area (Å²) in [5, 5.41) is 3.84. The number of nitrogens with one attached hydrogen (secondary N) is 1. The average Bonchev–Trinajstić information content (AvgIpc) is 2.25. The Hall–Kier alpha value is -0.300. The van der Waals surface area contributed by atoms with E-state index in [0.29, 0.717) is 5.41 Å². The molecule has 0 aromatic rings. The summed E-state index contributed by atoms with van der Waals surface area (Å²) in [6.07, 6.45) is 12.8. The molecule has 2 aliphatic carbocycles. The molecular formula is C16H29N. The van der Waals surface area contributed by atoms with Gasteiger partial charge >= 0.3 is 0 Å². The van der Waals surface area contributed by atoms with Crippen molar-refractivity contribution in [1.82, 2.24) is 5.32 Å². The van der Waals surface area contributed by atoms with Crippen LogP contribution in [0.25, 0.3) is 0 Å². The highest BCUT2D eigenvalue weighted by Crippen LogP contribution is 2.38. The molecule has 2 aliphatic rings. The van der Waals surface area contributed by atoms with Crippen molar-refractivity contribution in [3.8, 4) is 0 Å². The van der Waals surface area contributed by atoms with Crippen molar-refractivity contribution in [2.45, 2.75) is 65.3 Å². The first kappa shape index (κ1) is 13.1. The average molecular weight is 235 g/mol. The molecule has 0 aliphatic heterocycles. The number of hydrogen-bond acceptors (Lipinski definition) is 1. The molecule has 0 spiro atoms. The first-order valence-electron chi connectivity index (χ1n) is 7.43. The van der Waals surface area contributed by atoms with Gasteiger partial charge in [0, 0.05) is 6.04 Å². The lowest BCUT2D eigenvalue weighted by atomic mass is 9.70. The molecule has 98 valence electrons. The molecule has 0 bridgehead atoms. The van der Waals surface area contributed by atoms with Gasteiger partial charge in [0.15, 0.2) is 0 Å². The third-order valence-corrected chi connectivity index (χ3v) is 4.46. The second-order valence-electron chi connectivity index (χ2n) is 7.17.